The molecule has 0 unspecified atom stereocenters. The maximum absolute atomic E-state index is 12.5. The van der Waals surface area contributed by atoms with E-state index in [-0.39, 0.29) is 23.0 Å². The van der Waals surface area contributed by atoms with E-state index in [1.807, 2.05) is 34.6 Å². The topological polar surface area (TPSA) is 106 Å². The summed E-state index contributed by atoms with van der Waals surface area (Å²) in [6, 6.07) is 6.94. The SMILES string of the molecule is CCN(CC)C(=O)c1cccc(NC(=O)CSc2nnc(C(C)(C)C)n2N)c1. The summed E-state index contributed by atoms with van der Waals surface area (Å²) in [5.74, 6) is 6.55. The van der Waals surface area contributed by atoms with E-state index in [4.69, 9.17) is 5.84 Å². The molecule has 9 heteroatoms. The molecule has 0 radical (unpaired) electrons. The first-order valence-corrected chi connectivity index (χ1v) is 10.2. The lowest BCUT2D eigenvalue weighted by atomic mass is 9.96. The minimum atomic E-state index is -0.235. The van der Waals surface area contributed by atoms with Gasteiger partial charge in [-0.1, -0.05) is 38.6 Å². The molecular formula is C19H28N6O2S. The molecule has 152 valence electrons. The summed E-state index contributed by atoms with van der Waals surface area (Å²) in [7, 11) is 0. The molecule has 0 aliphatic carbocycles. The number of thioether (sulfide) groups is 1. The molecule has 0 aliphatic heterocycles. The minimum absolute atomic E-state index is 0.0542. The number of benzene rings is 1. The molecule has 1 aromatic heterocycles. The average Bonchev–Trinajstić information content (AvgIpc) is 3.02. The summed E-state index contributed by atoms with van der Waals surface area (Å²) in [6.07, 6.45) is 0. The standard InChI is InChI=1S/C19H28N6O2S/c1-6-24(7-2)16(27)13-9-8-10-14(11-13)21-15(26)12-28-18-23-22-17(25(18)20)19(3,4)5/h8-11H,6-7,12,20H2,1-5H3,(H,21,26). The number of amides is 2. The molecular weight excluding hydrogens is 376 g/mol. The number of nitrogens with one attached hydrogen (secondary N) is 1. The number of nitrogens with zero attached hydrogens (tertiary/aromatic N) is 4. The van der Waals surface area contributed by atoms with Crippen molar-refractivity contribution in [1.29, 1.82) is 0 Å². The van der Waals surface area contributed by atoms with Crippen molar-refractivity contribution in [3.05, 3.63) is 35.7 Å². The van der Waals surface area contributed by atoms with Crippen molar-refractivity contribution in [2.24, 2.45) is 0 Å². The van der Waals surface area contributed by atoms with Crippen LogP contribution in [0.3, 0.4) is 0 Å². The lowest BCUT2D eigenvalue weighted by Crippen LogP contribution is -2.30. The lowest BCUT2D eigenvalue weighted by Gasteiger charge is -2.19. The molecule has 0 atom stereocenters. The van der Waals surface area contributed by atoms with Crippen LogP contribution in [0, 0.1) is 0 Å². The fourth-order valence-electron chi connectivity index (χ4n) is 2.64. The number of nitrogens with two attached hydrogens (primary N) is 1. The smallest absolute Gasteiger partial charge is 0.253 e. The lowest BCUT2D eigenvalue weighted by molar-refractivity contribution is -0.113. The molecule has 0 saturated carbocycles. The van der Waals surface area contributed by atoms with Crippen LogP contribution >= 0.6 is 11.8 Å². The normalized spacial score (nSPS) is 11.3. The Bertz CT molecular complexity index is 839. The highest BCUT2D eigenvalue weighted by Crippen LogP contribution is 2.23. The zero-order chi connectivity index (χ0) is 20.9. The van der Waals surface area contributed by atoms with Gasteiger partial charge in [-0.2, -0.15) is 0 Å². The second-order valence-corrected chi connectivity index (χ2v) is 8.26. The molecule has 8 nitrogen and oxygen atoms in total. The van der Waals surface area contributed by atoms with E-state index in [9.17, 15) is 9.59 Å². The van der Waals surface area contributed by atoms with Crippen LogP contribution in [0.2, 0.25) is 0 Å². The fourth-order valence-corrected chi connectivity index (χ4v) is 3.29. The van der Waals surface area contributed by atoms with Crippen LogP contribution in [0.15, 0.2) is 29.4 Å². The Morgan fingerprint density at radius 1 is 1.21 bits per heavy atom. The molecule has 0 saturated heterocycles. The van der Waals surface area contributed by atoms with E-state index in [1.54, 1.807) is 29.2 Å². The molecule has 0 bridgehead atoms. The Morgan fingerprint density at radius 2 is 1.89 bits per heavy atom. The van der Waals surface area contributed by atoms with Crippen molar-refractivity contribution in [2.45, 2.75) is 45.2 Å². The van der Waals surface area contributed by atoms with Gasteiger partial charge in [0.25, 0.3) is 5.91 Å². The highest BCUT2D eigenvalue weighted by atomic mass is 32.2. The van der Waals surface area contributed by atoms with Gasteiger partial charge in [-0.15, -0.1) is 10.2 Å². The van der Waals surface area contributed by atoms with Crippen molar-refractivity contribution in [3.8, 4) is 0 Å². The fraction of sp³-hybridized carbons (Fsp3) is 0.474. The molecule has 0 aliphatic rings. The van der Waals surface area contributed by atoms with Gasteiger partial charge in [-0.05, 0) is 32.0 Å². The van der Waals surface area contributed by atoms with Gasteiger partial charge in [0.1, 0.15) is 0 Å². The highest BCUT2D eigenvalue weighted by molar-refractivity contribution is 7.99. The Balaban J connectivity index is 2.00. The first kappa shape index (κ1) is 21.7. The zero-order valence-electron chi connectivity index (χ0n) is 17.0. The number of anilines is 1. The van der Waals surface area contributed by atoms with Gasteiger partial charge in [-0.3, -0.25) is 9.59 Å². The van der Waals surface area contributed by atoms with Crippen LogP contribution in [0.25, 0.3) is 0 Å². The number of carbonyl (C=O) groups is 2. The molecule has 1 aromatic carbocycles. The van der Waals surface area contributed by atoms with Crippen LogP contribution in [-0.4, -0.2) is 50.4 Å². The third kappa shape index (κ3) is 5.25. The predicted octanol–water partition coefficient (Wildman–Crippen LogP) is 2.50. The third-order valence-electron chi connectivity index (χ3n) is 4.11. The summed E-state index contributed by atoms with van der Waals surface area (Å²) in [5, 5.41) is 11.5. The zero-order valence-corrected chi connectivity index (χ0v) is 17.8. The summed E-state index contributed by atoms with van der Waals surface area (Å²) >= 11 is 1.21. The van der Waals surface area contributed by atoms with Crippen LogP contribution in [-0.2, 0) is 10.2 Å². The van der Waals surface area contributed by atoms with E-state index >= 15 is 0 Å². The molecule has 2 rings (SSSR count). The van der Waals surface area contributed by atoms with Crippen molar-refractivity contribution in [1.82, 2.24) is 19.8 Å². The Morgan fingerprint density at radius 3 is 2.46 bits per heavy atom. The number of nitrogen functional groups attached to an aromatic ring is 1. The number of hydrogen-bond donors (Lipinski definition) is 2. The quantitative estimate of drug-likeness (QED) is 0.542. The van der Waals surface area contributed by atoms with E-state index in [1.165, 1.54) is 16.4 Å². The molecule has 1 heterocycles. The highest BCUT2D eigenvalue weighted by Gasteiger charge is 2.23. The summed E-state index contributed by atoms with van der Waals surface area (Å²) < 4.78 is 1.42. The van der Waals surface area contributed by atoms with Gasteiger partial charge in [0.05, 0.1) is 5.75 Å². The Hall–Kier alpha value is -2.55. The maximum Gasteiger partial charge on any atom is 0.253 e. The van der Waals surface area contributed by atoms with Crippen LogP contribution < -0.4 is 11.2 Å². The van der Waals surface area contributed by atoms with Crippen molar-refractivity contribution >= 4 is 29.3 Å². The number of hydrogen-bond acceptors (Lipinski definition) is 6. The van der Waals surface area contributed by atoms with Gasteiger partial charge in [0.15, 0.2) is 5.82 Å². The number of rotatable bonds is 7. The Labute approximate surface area is 169 Å². The van der Waals surface area contributed by atoms with Gasteiger partial charge in [0, 0.05) is 29.8 Å². The van der Waals surface area contributed by atoms with E-state index in [0.717, 1.165) is 0 Å². The predicted molar refractivity (Wildman–Crippen MR) is 112 cm³/mol. The average molecular weight is 405 g/mol. The van der Waals surface area contributed by atoms with Crippen molar-refractivity contribution in [3.63, 3.8) is 0 Å². The Kier molecular flexibility index (Phi) is 7.06. The number of carbonyl (C=O) groups excluding carboxylic acids is 2. The first-order chi connectivity index (χ1) is 13.2. The van der Waals surface area contributed by atoms with Gasteiger partial charge in [-0.25, -0.2) is 4.68 Å². The van der Waals surface area contributed by atoms with E-state index < -0.39 is 0 Å². The summed E-state index contributed by atoms with van der Waals surface area (Å²) in [5.41, 5.74) is 0.888. The second-order valence-electron chi connectivity index (χ2n) is 7.32. The largest absolute Gasteiger partial charge is 0.339 e. The van der Waals surface area contributed by atoms with Crippen LogP contribution in [0.1, 0.15) is 50.8 Å². The summed E-state index contributed by atoms with van der Waals surface area (Å²) in [4.78, 5) is 26.5. The monoisotopic (exact) mass is 404 g/mol. The number of aromatic nitrogens is 3. The minimum Gasteiger partial charge on any atom is -0.339 e. The molecule has 2 amide bonds. The van der Waals surface area contributed by atoms with E-state index in [0.29, 0.717) is 35.3 Å². The maximum atomic E-state index is 12.5. The molecule has 0 spiro atoms. The van der Waals surface area contributed by atoms with Gasteiger partial charge >= 0.3 is 0 Å². The van der Waals surface area contributed by atoms with Crippen LogP contribution in [0.5, 0.6) is 0 Å². The van der Waals surface area contributed by atoms with Gasteiger partial charge < -0.3 is 16.1 Å². The van der Waals surface area contributed by atoms with Crippen molar-refractivity contribution in [2.75, 3.05) is 30.0 Å². The molecule has 2 aromatic rings. The van der Waals surface area contributed by atoms with Crippen molar-refractivity contribution < 1.29 is 9.59 Å². The summed E-state index contributed by atoms with van der Waals surface area (Å²) in [6.45, 7) is 11.1. The second kappa shape index (κ2) is 9.09. The molecule has 3 N–H and O–H groups in total. The molecule has 28 heavy (non-hydrogen) atoms. The van der Waals surface area contributed by atoms with Crippen LogP contribution in [0.4, 0.5) is 5.69 Å². The first-order valence-electron chi connectivity index (χ1n) is 9.20. The molecule has 0 fully saturated rings. The van der Waals surface area contributed by atoms with E-state index in [2.05, 4.69) is 15.5 Å². The third-order valence-corrected chi connectivity index (χ3v) is 5.05. The van der Waals surface area contributed by atoms with Gasteiger partial charge in [0.2, 0.25) is 11.1 Å².